The van der Waals surface area contributed by atoms with Crippen LogP contribution in [0.5, 0.6) is 0 Å². The summed E-state index contributed by atoms with van der Waals surface area (Å²) in [5, 5.41) is 3.58. The summed E-state index contributed by atoms with van der Waals surface area (Å²) in [6.07, 6.45) is 6.40. The predicted molar refractivity (Wildman–Crippen MR) is 132 cm³/mol. The quantitative estimate of drug-likeness (QED) is 0.513. The zero-order valence-corrected chi connectivity index (χ0v) is 19.5. The van der Waals surface area contributed by atoms with E-state index in [-0.39, 0.29) is 11.5 Å². The molecule has 0 saturated heterocycles. The lowest BCUT2D eigenvalue weighted by Gasteiger charge is -2.31. The van der Waals surface area contributed by atoms with Crippen molar-refractivity contribution < 1.29 is 4.79 Å². The summed E-state index contributed by atoms with van der Waals surface area (Å²) in [6.45, 7) is 3.17. The minimum absolute atomic E-state index is 0.144. The summed E-state index contributed by atoms with van der Waals surface area (Å²) in [5.74, 6) is -0.210. The fourth-order valence-corrected chi connectivity index (χ4v) is 4.90. The van der Waals surface area contributed by atoms with Crippen molar-refractivity contribution in [1.82, 2.24) is 14.5 Å². The molecule has 1 aromatic heterocycles. The van der Waals surface area contributed by atoms with Crippen LogP contribution in [0.25, 0.3) is 10.9 Å². The molecule has 0 bridgehead atoms. The Morgan fingerprint density at radius 2 is 1.94 bits per heavy atom. The average Bonchev–Trinajstić information content (AvgIpc) is 2.80. The van der Waals surface area contributed by atoms with E-state index in [1.54, 1.807) is 18.2 Å². The van der Waals surface area contributed by atoms with Crippen LogP contribution in [0.4, 0.5) is 5.69 Å². The first kappa shape index (κ1) is 22.4. The van der Waals surface area contributed by atoms with Crippen LogP contribution in [0.3, 0.4) is 0 Å². The zero-order valence-electron chi connectivity index (χ0n) is 18.7. The lowest BCUT2D eigenvalue weighted by molar-refractivity contribution is 0.102. The van der Waals surface area contributed by atoms with Crippen LogP contribution in [0.2, 0.25) is 0 Å². The van der Waals surface area contributed by atoms with E-state index in [9.17, 15) is 9.59 Å². The Hall–Kier alpha value is -2.77. The Balaban J connectivity index is 1.56. The molecule has 6 nitrogen and oxygen atoms in total. The van der Waals surface area contributed by atoms with Gasteiger partial charge < -0.3 is 10.3 Å². The van der Waals surface area contributed by atoms with Crippen LogP contribution < -0.4 is 10.9 Å². The maximum atomic E-state index is 13.0. The summed E-state index contributed by atoms with van der Waals surface area (Å²) in [6, 6.07) is 13.6. The molecule has 1 amide bonds. The van der Waals surface area contributed by atoms with E-state index >= 15 is 0 Å². The van der Waals surface area contributed by atoms with E-state index in [4.69, 9.17) is 12.2 Å². The Morgan fingerprint density at radius 1 is 1.19 bits per heavy atom. The van der Waals surface area contributed by atoms with Gasteiger partial charge in [0.2, 0.25) is 0 Å². The summed E-state index contributed by atoms with van der Waals surface area (Å²) in [4.78, 5) is 31.1. The molecular weight excluding hydrogens is 420 g/mol. The summed E-state index contributed by atoms with van der Waals surface area (Å²) in [7, 11) is 2.17. The molecule has 0 aliphatic heterocycles. The number of para-hydroxylation sites is 1. The van der Waals surface area contributed by atoms with Gasteiger partial charge in [0.05, 0.1) is 10.9 Å². The van der Waals surface area contributed by atoms with Gasteiger partial charge in [-0.15, -0.1) is 0 Å². The number of nitrogens with zero attached hydrogens (tertiary/aromatic N) is 2. The van der Waals surface area contributed by atoms with Crippen LogP contribution in [0, 0.1) is 4.77 Å². The standard InChI is InChI=1S/C25H30N4O2S/c1-3-29-24(31)20-14-13-17(15-22(20)27-25(29)32)23(30)26-21-12-8-7-9-18(21)16-28(2)19-10-5-4-6-11-19/h7-9,12-15,19H,3-6,10-11,16H2,1-2H3,(H,26,30)(H,27,32). The SMILES string of the molecule is CCn1c(=S)[nH]c2cc(C(=O)Nc3ccccc3CN(C)C3CCCCC3)ccc2c1=O. The van der Waals surface area contributed by atoms with Crippen LogP contribution in [0.15, 0.2) is 47.3 Å². The topological polar surface area (TPSA) is 70.1 Å². The van der Waals surface area contributed by atoms with Crippen molar-refractivity contribution in [2.75, 3.05) is 12.4 Å². The second-order valence-electron chi connectivity index (χ2n) is 8.56. The Labute approximate surface area is 193 Å². The Bertz CT molecular complexity index is 1240. The van der Waals surface area contributed by atoms with Crippen molar-refractivity contribution in [2.24, 2.45) is 0 Å². The number of carbonyl (C=O) groups is 1. The van der Waals surface area contributed by atoms with Crippen LogP contribution >= 0.6 is 12.2 Å². The number of amides is 1. The van der Waals surface area contributed by atoms with E-state index < -0.39 is 0 Å². The molecule has 0 radical (unpaired) electrons. The molecule has 1 aliphatic carbocycles. The number of aromatic amines is 1. The smallest absolute Gasteiger partial charge is 0.262 e. The third-order valence-electron chi connectivity index (χ3n) is 6.44. The maximum absolute atomic E-state index is 13.0. The third kappa shape index (κ3) is 4.69. The highest BCUT2D eigenvalue weighted by Gasteiger charge is 2.19. The number of hydrogen-bond acceptors (Lipinski definition) is 4. The molecule has 4 rings (SSSR count). The van der Waals surface area contributed by atoms with Crippen LogP contribution in [-0.4, -0.2) is 33.4 Å². The van der Waals surface area contributed by atoms with Crippen molar-refractivity contribution in [3.63, 3.8) is 0 Å². The summed E-state index contributed by atoms with van der Waals surface area (Å²) < 4.78 is 1.87. The molecule has 1 aliphatic rings. The zero-order chi connectivity index (χ0) is 22.7. The minimum Gasteiger partial charge on any atom is -0.332 e. The molecule has 3 aromatic rings. The van der Waals surface area contributed by atoms with Crippen molar-refractivity contribution >= 4 is 34.7 Å². The number of anilines is 1. The van der Waals surface area contributed by atoms with Crippen molar-refractivity contribution in [3.05, 3.63) is 68.7 Å². The first-order chi connectivity index (χ1) is 15.5. The maximum Gasteiger partial charge on any atom is 0.262 e. The van der Waals surface area contributed by atoms with Crippen molar-refractivity contribution in [1.29, 1.82) is 0 Å². The summed E-state index contributed by atoms with van der Waals surface area (Å²) >= 11 is 5.29. The van der Waals surface area contributed by atoms with Gasteiger partial charge >= 0.3 is 0 Å². The fourth-order valence-electron chi connectivity index (χ4n) is 4.58. The van der Waals surface area contributed by atoms with Crippen molar-refractivity contribution in [2.45, 2.75) is 58.2 Å². The molecular formula is C25H30N4O2S. The molecule has 7 heteroatoms. The summed E-state index contributed by atoms with van der Waals surface area (Å²) in [5.41, 5.74) is 2.82. The second kappa shape index (κ2) is 9.79. The molecule has 168 valence electrons. The van der Waals surface area contributed by atoms with Crippen LogP contribution in [0.1, 0.15) is 54.9 Å². The van der Waals surface area contributed by atoms with Crippen molar-refractivity contribution in [3.8, 4) is 0 Å². The second-order valence-corrected chi connectivity index (χ2v) is 8.94. The van der Waals surface area contributed by atoms with Gasteiger partial charge in [-0.25, -0.2) is 0 Å². The van der Waals surface area contributed by atoms with Gasteiger partial charge in [0.1, 0.15) is 0 Å². The van der Waals surface area contributed by atoms with Gasteiger partial charge in [0.25, 0.3) is 11.5 Å². The number of rotatable bonds is 6. The van der Waals surface area contributed by atoms with E-state index in [0.717, 1.165) is 17.8 Å². The molecule has 2 N–H and O–H groups in total. The molecule has 0 atom stereocenters. The number of aromatic nitrogens is 2. The Morgan fingerprint density at radius 3 is 2.69 bits per heavy atom. The monoisotopic (exact) mass is 450 g/mol. The van der Waals surface area contributed by atoms with Gasteiger partial charge in [-0.05, 0) is 68.9 Å². The molecule has 2 aromatic carbocycles. The molecule has 0 spiro atoms. The predicted octanol–water partition coefficient (Wildman–Crippen LogP) is 5.10. The molecule has 1 heterocycles. The highest BCUT2D eigenvalue weighted by atomic mass is 32.1. The molecule has 0 unspecified atom stereocenters. The number of hydrogen-bond donors (Lipinski definition) is 2. The third-order valence-corrected chi connectivity index (χ3v) is 6.77. The lowest BCUT2D eigenvalue weighted by Crippen LogP contribution is -2.33. The normalized spacial score (nSPS) is 14.7. The molecule has 32 heavy (non-hydrogen) atoms. The van der Waals surface area contributed by atoms with Gasteiger partial charge in [0.15, 0.2) is 4.77 Å². The average molecular weight is 451 g/mol. The van der Waals surface area contributed by atoms with Gasteiger partial charge in [-0.3, -0.25) is 19.1 Å². The van der Waals surface area contributed by atoms with E-state index in [1.807, 2.05) is 25.1 Å². The largest absolute Gasteiger partial charge is 0.332 e. The number of benzene rings is 2. The first-order valence-corrected chi connectivity index (χ1v) is 11.7. The van der Waals surface area contributed by atoms with Crippen LogP contribution in [-0.2, 0) is 13.1 Å². The molecule has 1 fully saturated rings. The lowest BCUT2D eigenvalue weighted by atomic mass is 9.94. The highest BCUT2D eigenvalue weighted by molar-refractivity contribution is 7.71. The number of nitrogens with one attached hydrogen (secondary N) is 2. The van der Waals surface area contributed by atoms with Gasteiger partial charge in [0, 0.05) is 30.4 Å². The number of H-pyrrole nitrogens is 1. The van der Waals surface area contributed by atoms with E-state index in [1.165, 1.54) is 36.7 Å². The van der Waals surface area contributed by atoms with E-state index in [2.05, 4.69) is 28.3 Å². The highest BCUT2D eigenvalue weighted by Crippen LogP contribution is 2.25. The first-order valence-electron chi connectivity index (χ1n) is 11.3. The van der Waals surface area contributed by atoms with E-state index in [0.29, 0.717) is 33.8 Å². The number of fused-ring (bicyclic) bond motifs is 1. The Kier molecular flexibility index (Phi) is 6.86. The van der Waals surface area contributed by atoms with Gasteiger partial charge in [-0.2, -0.15) is 0 Å². The number of carbonyl (C=O) groups excluding carboxylic acids is 1. The minimum atomic E-state index is -0.210. The van der Waals surface area contributed by atoms with Gasteiger partial charge in [-0.1, -0.05) is 37.5 Å². The fraction of sp³-hybridized carbons (Fsp3) is 0.400. The molecule has 1 saturated carbocycles.